The predicted octanol–water partition coefficient (Wildman–Crippen LogP) is 4.89. The van der Waals surface area contributed by atoms with E-state index in [-0.39, 0.29) is 5.78 Å². The van der Waals surface area contributed by atoms with Crippen LogP contribution in [-0.2, 0) is 6.61 Å². The number of carbonyl (C=O) groups excluding carboxylic acids is 1. The van der Waals surface area contributed by atoms with Crippen LogP contribution in [0.5, 0.6) is 11.5 Å². The van der Waals surface area contributed by atoms with Gasteiger partial charge in [-0.1, -0.05) is 23.8 Å². The second kappa shape index (κ2) is 7.08. The van der Waals surface area contributed by atoms with Crippen LogP contribution in [0.25, 0.3) is 6.08 Å². The Kier molecular flexibility index (Phi) is 4.47. The Hall–Kier alpha value is -3.40. The molecule has 0 aliphatic carbocycles. The highest BCUT2D eigenvalue weighted by atomic mass is 16.5. The van der Waals surface area contributed by atoms with Crippen molar-refractivity contribution in [3.63, 3.8) is 0 Å². The molecule has 0 radical (unpaired) electrons. The molecule has 4 nitrogen and oxygen atoms in total. The number of allylic oxidation sites excluding steroid dienone is 1. The lowest BCUT2D eigenvalue weighted by molar-refractivity contribution is 0.101. The molecule has 0 unspecified atom stereocenters. The monoisotopic (exact) mass is 357 g/mol. The summed E-state index contributed by atoms with van der Waals surface area (Å²) in [5, 5.41) is 0. The lowest BCUT2D eigenvalue weighted by Gasteiger charge is -2.10. The van der Waals surface area contributed by atoms with Gasteiger partial charge in [-0.2, -0.15) is 0 Å². The maximum Gasteiger partial charge on any atom is 0.231 e. The van der Waals surface area contributed by atoms with E-state index in [0.29, 0.717) is 29.4 Å². The van der Waals surface area contributed by atoms with E-state index in [9.17, 15) is 4.79 Å². The van der Waals surface area contributed by atoms with Gasteiger partial charge in [-0.15, -0.1) is 0 Å². The first-order valence-electron chi connectivity index (χ1n) is 8.77. The Bertz CT molecular complexity index is 1040. The molecule has 3 aromatic rings. The minimum Gasteiger partial charge on any atom is -0.489 e. The Morgan fingerprint density at radius 3 is 2.67 bits per heavy atom. The lowest BCUT2D eigenvalue weighted by atomic mass is 10.1. The summed E-state index contributed by atoms with van der Waals surface area (Å²) >= 11 is 0. The van der Waals surface area contributed by atoms with E-state index in [4.69, 9.17) is 9.47 Å². The molecule has 2 heterocycles. The van der Waals surface area contributed by atoms with E-state index < -0.39 is 0 Å². The van der Waals surface area contributed by atoms with E-state index in [1.807, 2.05) is 12.1 Å². The molecule has 1 aliphatic heterocycles. The number of aromatic nitrogens is 1. The number of rotatable bonds is 4. The molecule has 0 amide bonds. The van der Waals surface area contributed by atoms with Crippen molar-refractivity contribution >= 4 is 11.9 Å². The fraction of sp³-hybridized carbons (Fsp3) is 0.130. The van der Waals surface area contributed by atoms with Crippen molar-refractivity contribution < 1.29 is 14.3 Å². The maximum absolute atomic E-state index is 12.5. The van der Waals surface area contributed by atoms with Gasteiger partial charge in [0.15, 0.2) is 5.76 Å². The van der Waals surface area contributed by atoms with Gasteiger partial charge in [0.05, 0.1) is 5.56 Å². The van der Waals surface area contributed by atoms with Crippen molar-refractivity contribution in [1.29, 1.82) is 0 Å². The van der Waals surface area contributed by atoms with E-state index in [1.165, 1.54) is 11.1 Å². The van der Waals surface area contributed by atoms with Gasteiger partial charge >= 0.3 is 0 Å². The highest BCUT2D eigenvalue weighted by Gasteiger charge is 2.27. The molecule has 2 aromatic carbocycles. The van der Waals surface area contributed by atoms with Gasteiger partial charge in [0, 0.05) is 18.5 Å². The standard InChI is InChI=1S/C23H19NO3/c1-15-3-4-16(2)18(11-15)14-26-19-5-6-20-21(13-19)27-22(23(20)25)12-17-7-9-24-10-8-17/h3-13H,14H2,1-2H3/b22-12-. The highest BCUT2D eigenvalue weighted by Crippen LogP contribution is 2.35. The number of Topliss-reactive ketones (excluding diaryl/α,β-unsaturated/α-hetero) is 1. The van der Waals surface area contributed by atoms with Crippen LogP contribution in [0.15, 0.2) is 66.7 Å². The molecule has 0 fully saturated rings. The third-order valence-electron chi connectivity index (χ3n) is 4.54. The van der Waals surface area contributed by atoms with Crippen LogP contribution in [-0.4, -0.2) is 10.8 Å². The summed E-state index contributed by atoms with van der Waals surface area (Å²) in [7, 11) is 0. The van der Waals surface area contributed by atoms with Gasteiger partial charge in [0.25, 0.3) is 0 Å². The largest absolute Gasteiger partial charge is 0.489 e. The van der Waals surface area contributed by atoms with Gasteiger partial charge in [-0.3, -0.25) is 9.78 Å². The zero-order valence-electron chi connectivity index (χ0n) is 15.2. The minimum atomic E-state index is -0.122. The van der Waals surface area contributed by atoms with Crippen molar-refractivity contribution in [1.82, 2.24) is 4.98 Å². The summed E-state index contributed by atoms with van der Waals surface area (Å²) in [5.74, 6) is 1.39. The number of aryl methyl sites for hydroxylation is 2. The van der Waals surface area contributed by atoms with Crippen LogP contribution >= 0.6 is 0 Å². The molecule has 0 N–H and O–H groups in total. The molecular formula is C23H19NO3. The molecule has 27 heavy (non-hydrogen) atoms. The fourth-order valence-corrected chi connectivity index (χ4v) is 2.98. The van der Waals surface area contributed by atoms with E-state index in [1.54, 1.807) is 36.7 Å². The SMILES string of the molecule is Cc1ccc(C)c(COc2ccc3c(c2)O/C(=C\c2ccncc2)C3=O)c1. The molecule has 4 rings (SSSR count). The normalized spacial score (nSPS) is 14.1. The minimum absolute atomic E-state index is 0.122. The molecule has 134 valence electrons. The predicted molar refractivity (Wildman–Crippen MR) is 104 cm³/mol. The number of pyridine rings is 1. The average molecular weight is 357 g/mol. The van der Waals surface area contributed by atoms with Crippen molar-refractivity contribution in [2.45, 2.75) is 20.5 Å². The molecule has 0 atom stereocenters. The number of ether oxygens (including phenoxy) is 2. The Morgan fingerprint density at radius 1 is 1.04 bits per heavy atom. The number of hydrogen-bond donors (Lipinski definition) is 0. The first kappa shape index (κ1) is 17.0. The summed E-state index contributed by atoms with van der Waals surface area (Å²) in [4.78, 5) is 16.5. The van der Waals surface area contributed by atoms with Crippen LogP contribution in [0.3, 0.4) is 0 Å². The van der Waals surface area contributed by atoms with Crippen molar-refractivity contribution in [3.05, 3.63) is 94.5 Å². The lowest BCUT2D eigenvalue weighted by Crippen LogP contribution is -1.99. The highest BCUT2D eigenvalue weighted by molar-refractivity contribution is 6.14. The van der Waals surface area contributed by atoms with Crippen molar-refractivity contribution in [2.75, 3.05) is 0 Å². The molecule has 0 saturated heterocycles. The number of hydrogen-bond acceptors (Lipinski definition) is 4. The number of nitrogens with zero attached hydrogens (tertiary/aromatic N) is 1. The molecule has 4 heteroatoms. The van der Waals surface area contributed by atoms with Crippen LogP contribution in [0.1, 0.15) is 32.6 Å². The number of benzene rings is 2. The van der Waals surface area contributed by atoms with E-state index in [2.05, 4.69) is 37.0 Å². The summed E-state index contributed by atoms with van der Waals surface area (Å²) in [6.07, 6.45) is 5.08. The van der Waals surface area contributed by atoms with E-state index in [0.717, 1.165) is 11.1 Å². The first-order chi connectivity index (χ1) is 13.1. The third-order valence-corrected chi connectivity index (χ3v) is 4.54. The molecule has 0 saturated carbocycles. The maximum atomic E-state index is 12.5. The van der Waals surface area contributed by atoms with Gasteiger partial charge in [-0.25, -0.2) is 0 Å². The van der Waals surface area contributed by atoms with Crippen LogP contribution in [0, 0.1) is 13.8 Å². The second-order valence-corrected chi connectivity index (χ2v) is 6.60. The van der Waals surface area contributed by atoms with Gasteiger partial charge < -0.3 is 9.47 Å². The topological polar surface area (TPSA) is 48.4 Å². The Labute approximate surface area is 158 Å². The van der Waals surface area contributed by atoms with Crippen LogP contribution in [0.4, 0.5) is 0 Å². The third kappa shape index (κ3) is 3.60. The van der Waals surface area contributed by atoms with Gasteiger partial charge in [0.1, 0.15) is 18.1 Å². The Balaban J connectivity index is 1.52. The number of carbonyl (C=O) groups is 1. The zero-order valence-corrected chi connectivity index (χ0v) is 15.2. The molecule has 0 bridgehead atoms. The summed E-state index contributed by atoms with van der Waals surface area (Å²) in [5.41, 5.74) is 4.96. The summed E-state index contributed by atoms with van der Waals surface area (Å²) in [6, 6.07) is 15.3. The fourth-order valence-electron chi connectivity index (χ4n) is 2.98. The summed E-state index contributed by atoms with van der Waals surface area (Å²) in [6.45, 7) is 4.60. The van der Waals surface area contributed by atoms with E-state index >= 15 is 0 Å². The number of ketones is 1. The van der Waals surface area contributed by atoms with Crippen LogP contribution < -0.4 is 9.47 Å². The molecule has 1 aliphatic rings. The van der Waals surface area contributed by atoms with Crippen molar-refractivity contribution in [2.24, 2.45) is 0 Å². The number of fused-ring (bicyclic) bond motifs is 1. The second-order valence-electron chi connectivity index (χ2n) is 6.60. The molecule has 0 spiro atoms. The average Bonchev–Trinajstić information content (AvgIpc) is 2.98. The van der Waals surface area contributed by atoms with Gasteiger partial charge in [-0.05, 0) is 60.9 Å². The van der Waals surface area contributed by atoms with Crippen molar-refractivity contribution in [3.8, 4) is 11.5 Å². The summed E-state index contributed by atoms with van der Waals surface area (Å²) < 4.78 is 11.7. The quantitative estimate of drug-likeness (QED) is 0.624. The first-order valence-corrected chi connectivity index (χ1v) is 8.77. The molecular weight excluding hydrogens is 338 g/mol. The molecule has 1 aromatic heterocycles. The van der Waals surface area contributed by atoms with Crippen LogP contribution in [0.2, 0.25) is 0 Å². The Morgan fingerprint density at radius 2 is 1.85 bits per heavy atom. The smallest absolute Gasteiger partial charge is 0.231 e. The van der Waals surface area contributed by atoms with Gasteiger partial charge in [0.2, 0.25) is 5.78 Å². The zero-order chi connectivity index (χ0) is 18.8.